The molecular formula is C17H20ClNO6. The predicted octanol–water partition coefficient (Wildman–Crippen LogP) is 1.79. The lowest BCUT2D eigenvalue weighted by molar-refractivity contribution is -0.140. The summed E-state index contributed by atoms with van der Waals surface area (Å²) in [4.78, 5) is 23.7. The van der Waals surface area contributed by atoms with Gasteiger partial charge < -0.3 is 24.6 Å². The van der Waals surface area contributed by atoms with Crippen LogP contribution in [0, 0.1) is 0 Å². The van der Waals surface area contributed by atoms with E-state index in [1.807, 2.05) is 0 Å². The van der Waals surface area contributed by atoms with Crippen LogP contribution < -0.4 is 14.8 Å². The molecule has 8 heteroatoms. The molecule has 2 aliphatic heterocycles. The van der Waals surface area contributed by atoms with Gasteiger partial charge in [0.05, 0.1) is 23.4 Å². The molecule has 0 atom stereocenters. The highest BCUT2D eigenvalue weighted by Crippen LogP contribution is 2.38. The van der Waals surface area contributed by atoms with E-state index < -0.39 is 11.5 Å². The molecule has 2 heterocycles. The fraction of sp³-hybridized carbons (Fsp3) is 0.529. The third-order valence-electron chi connectivity index (χ3n) is 4.37. The molecule has 1 saturated heterocycles. The van der Waals surface area contributed by atoms with E-state index >= 15 is 0 Å². The van der Waals surface area contributed by atoms with Crippen molar-refractivity contribution in [2.75, 3.05) is 26.4 Å². The number of carboxylic acid groups (broad SMARTS) is 1. The van der Waals surface area contributed by atoms with E-state index in [2.05, 4.69) is 5.32 Å². The van der Waals surface area contributed by atoms with Crippen molar-refractivity contribution >= 4 is 23.5 Å². The second-order valence-corrected chi connectivity index (χ2v) is 6.70. The van der Waals surface area contributed by atoms with Crippen LogP contribution in [0.15, 0.2) is 12.1 Å². The minimum atomic E-state index is -0.940. The van der Waals surface area contributed by atoms with Gasteiger partial charge in [-0.15, -0.1) is 0 Å². The number of aliphatic carboxylic acids is 1. The first-order valence-electron chi connectivity index (χ1n) is 8.16. The minimum absolute atomic E-state index is 0.0819. The fourth-order valence-electron chi connectivity index (χ4n) is 3.19. The third-order valence-corrected chi connectivity index (χ3v) is 4.65. The van der Waals surface area contributed by atoms with Crippen LogP contribution in [0.5, 0.6) is 11.5 Å². The van der Waals surface area contributed by atoms with Crippen LogP contribution in [0.4, 0.5) is 0 Å². The summed E-state index contributed by atoms with van der Waals surface area (Å²) in [6.45, 7) is 1.74. The number of fused-ring (bicyclic) bond motifs is 1. The summed E-state index contributed by atoms with van der Waals surface area (Å²) in [6.07, 6.45) is 0.919. The zero-order chi connectivity index (χ0) is 17.9. The number of carbonyl (C=O) groups excluding carboxylic acids is 1. The Morgan fingerprint density at radius 2 is 1.88 bits per heavy atom. The number of carboxylic acids is 1. The van der Waals surface area contributed by atoms with Crippen molar-refractivity contribution in [3.8, 4) is 11.5 Å². The number of benzene rings is 1. The Labute approximate surface area is 150 Å². The molecule has 25 heavy (non-hydrogen) atoms. The average Bonchev–Trinajstić information content (AvgIpc) is 2.54. The maximum absolute atomic E-state index is 12.5. The Balaban J connectivity index is 1.71. The van der Waals surface area contributed by atoms with Gasteiger partial charge in [-0.05, 0) is 30.5 Å². The number of halogens is 1. The van der Waals surface area contributed by atoms with Gasteiger partial charge in [-0.25, -0.2) is 0 Å². The molecule has 2 N–H and O–H groups in total. The lowest BCUT2D eigenvalue weighted by Gasteiger charge is -2.36. The summed E-state index contributed by atoms with van der Waals surface area (Å²) in [5, 5.41) is 12.5. The maximum Gasteiger partial charge on any atom is 0.305 e. The van der Waals surface area contributed by atoms with Crippen molar-refractivity contribution in [2.24, 2.45) is 0 Å². The SMILES string of the molecule is O=C(O)CC1(NC(=O)Cc2cc(Cl)c3c(c2)OCCO3)CCOCC1. The van der Waals surface area contributed by atoms with Gasteiger partial charge >= 0.3 is 5.97 Å². The van der Waals surface area contributed by atoms with Crippen LogP contribution in [-0.2, 0) is 20.7 Å². The highest BCUT2D eigenvalue weighted by Gasteiger charge is 2.36. The van der Waals surface area contributed by atoms with Gasteiger partial charge in [0.2, 0.25) is 5.91 Å². The number of hydrogen-bond acceptors (Lipinski definition) is 5. The minimum Gasteiger partial charge on any atom is -0.486 e. The van der Waals surface area contributed by atoms with Crippen molar-refractivity contribution in [3.05, 3.63) is 22.7 Å². The monoisotopic (exact) mass is 369 g/mol. The lowest BCUT2D eigenvalue weighted by atomic mass is 9.86. The summed E-state index contributed by atoms with van der Waals surface area (Å²) in [5.41, 5.74) is -0.0806. The molecule has 0 spiro atoms. The first-order valence-corrected chi connectivity index (χ1v) is 8.54. The lowest BCUT2D eigenvalue weighted by Crippen LogP contribution is -2.53. The van der Waals surface area contributed by atoms with Crippen LogP contribution in [0.1, 0.15) is 24.8 Å². The zero-order valence-corrected chi connectivity index (χ0v) is 14.4. The smallest absolute Gasteiger partial charge is 0.305 e. The topological polar surface area (TPSA) is 94.1 Å². The molecule has 136 valence electrons. The van der Waals surface area contributed by atoms with Gasteiger partial charge in [0.25, 0.3) is 0 Å². The van der Waals surface area contributed by atoms with E-state index in [0.717, 1.165) is 0 Å². The summed E-state index contributed by atoms with van der Waals surface area (Å²) >= 11 is 6.19. The van der Waals surface area contributed by atoms with Crippen molar-refractivity contribution in [1.29, 1.82) is 0 Å². The molecule has 0 bridgehead atoms. The first kappa shape index (κ1) is 17.8. The molecule has 1 aromatic rings. The van der Waals surface area contributed by atoms with Crippen molar-refractivity contribution in [3.63, 3.8) is 0 Å². The molecule has 0 aliphatic carbocycles. The molecule has 1 amide bonds. The van der Waals surface area contributed by atoms with Crippen molar-refractivity contribution in [1.82, 2.24) is 5.32 Å². The predicted molar refractivity (Wildman–Crippen MR) is 89.3 cm³/mol. The van der Waals surface area contributed by atoms with Gasteiger partial charge in [0.15, 0.2) is 11.5 Å². The Morgan fingerprint density at radius 1 is 1.16 bits per heavy atom. The number of ether oxygens (including phenoxy) is 3. The molecule has 1 fully saturated rings. The second kappa shape index (κ2) is 7.49. The van der Waals surface area contributed by atoms with Crippen molar-refractivity contribution < 1.29 is 28.9 Å². The molecule has 3 rings (SSSR count). The molecule has 1 aromatic carbocycles. The number of nitrogens with one attached hydrogen (secondary N) is 1. The van der Waals surface area contributed by atoms with E-state index in [4.69, 9.17) is 30.9 Å². The van der Waals surface area contributed by atoms with Crippen LogP contribution in [0.25, 0.3) is 0 Å². The van der Waals surface area contributed by atoms with Crippen LogP contribution in [-0.4, -0.2) is 48.9 Å². The Morgan fingerprint density at radius 3 is 2.60 bits per heavy atom. The zero-order valence-electron chi connectivity index (χ0n) is 13.7. The second-order valence-electron chi connectivity index (χ2n) is 6.29. The summed E-state index contributed by atoms with van der Waals surface area (Å²) in [7, 11) is 0. The molecule has 0 saturated carbocycles. The summed E-state index contributed by atoms with van der Waals surface area (Å²) in [5.74, 6) is -0.183. The summed E-state index contributed by atoms with van der Waals surface area (Å²) in [6, 6.07) is 3.40. The fourth-order valence-corrected chi connectivity index (χ4v) is 3.48. The largest absolute Gasteiger partial charge is 0.486 e. The molecular weight excluding hydrogens is 350 g/mol. The van der Waals surface area contributed by atoms with Crippen LogP contribution in [0.3, 0.4) is 0 Å². The molecule has 2 aliphatic rings. The summed E-state index contributed by atoms with van der Waals surface area (Å²) < 4.78 is 16.3. The average molecular weight is 370 g/mol. The van der Waals surface area contributed by atoms with E-state index in [1.165, 1.54) is 0 Å². The number of amides is 1. The van der Waals surface area contributed by atoms with Crippen molar-refractivity contribution in [2.45, 2.75) is 31.2 Å². The Bertz CT molecular complexity index is 671. The Kier molecular flexibility index (Phi) is 5.34. The first-order chi connectivity index (χ1) is 12.0. The third kappa shape index (κ3) is 4.35. The van der Waals surface area contributed by atoms with E-state index in [-0.39, 0.29) is 18.7 Å². The van der Waals surface area contributed by atoms with E-state index in [0.29, 0.717) is 61.4 Å². The van der Waals surface area contributed by atoms with E-state index in [1.54, 1.807) is 12.1 Å². The highest BCUT2D eigenvalue weighted by atomic mass is 35.5. The van der Waals surface area contributed by atoms with E-state index in [9.17, 15) is 9.59 Å². The standard InChI is InChI=1S/C17H20ClNO6/c18-12-7-11(8-13-16(12)25-6-5-24-13)9-14(20)19-17(10-15(21)22)1-3-23-4-2-17/h7-8H,1-6,9-10H2,(H,19,20)(H,21,22). The normalized spacial score (nSPS) is 18.4. The van der Waals surface area contributed by atoms with Gasteiger partial charge in [-0.2, -0.15) is 0 Å². The number of carbonyl (C=O) groups is 2. The van der Waals surface area contributed by atoms with Gasteiger partial charge in [-0.3, -0.25) is 9.59 Å². The highest BCUT2D eigenvalue weighted by molar-refractivity contribution is 6.32. The van der Waals surface area contributed by atoms with Gasteiger partial charge in [0, 0.05) is 13.2 Å². The molecule has 7 nitrogen and oxygen atoms in total. The van der Waals surface area contributed by atoms with Gasteiger partial charge in [0.1, 0.15) is 13.2 Å². The Hall–Kier alpha value is -1.99. The molecule has 0 aromatic heterocycles. The molecule has 0 unspecified atom stereocenters. The molecule has 0 radical (unpaired) electrons. The quantitative estimate of drug-likeness (QED) is 0.821. The van der Waals surface area contributed by atoms with Crippen LogP contribution in [0.2, 0.25) is 5.02 Å². The van der Waals surface area contributed by atoms with Gasteiger partial charge in [-0.1, -0.05) is 11.6 Å². The number of hydrogen-bond donors (Lipinski definition) is 2. The maximum atomic E-state index is 12.5. The van der Waals surface area contributed by atoms with Crippen LogP contribution >= 0.6 is 11.6 Å². The number of rotatable bonds is 5.